The van der Waals surface area contributed by atoms with Crippen LogP contribution >= 0.6 is 0 Å². The van der Waals surface area contributed by atoms with Gasteiger partial charge in [0.25, 0.3) is 0 Å². The molecule has 0 heterocycles. The molecule has 118 valence electrons. The van der Waals surface area contributed by atoms with Crippen LogP contribution in [-0.2, 0) is 11.8 Å². The fourth-order valence-electron chi connectivity index (χ4n) is 3.55. The zero-order valence-corrected chi connectivity index (χ0v) is 14.5. The molecular formula is C22H25N. The van der Waals surface area contributed by atoms with Gasteiger partial charge >= 0.3 is 0 Å². The van der Waals surface area contributed by atoms with Gasteiger partial charge in [0.1, 0.15) is 0 Å². The first-order valence-corrected chi connectivity index (χ1v) is 8.27. The summed E-state index contributed by atoms with van der Waals surface area (Å²) in [7, 11) is 1.92. The van der Waals surface area contributed by atoms with Crippen molar-refractivity contribution in [2.75, 3.05) is 7.05 Å². The fraction of sp³-hybridized carbons (Fsp3) is 0.273. The zero-order valence-electron chi connectivity index (χ0n) is 14.5. The first-order chi connectivity index (χ1) is 11.0. The summed E-state index contributed by atoms with van der Waals surface area (Å²) < 4.78 is 0. The standard InChI is InChI=1S/C22H25N/c1-16(8-7-13-23-4)14-17-11-12-19-18-9-5-6-10-20(18)22(2,3)21(19)15-17/h5-13,15,23H,14H2,1-4H3/b13-7-,16-8-. The first-order valence-electron chi connectivity index (χ1n) is 8.27. The van der Waals surface area contributed by atoms with Crippen molar-refractivity contribution in [3.63, 3.8) is 0 Å². The third-order valence-corrected chi connectivity index (χ3v) is 4.77. The summed E-state index contributed by atoms with van der Waals surface area (Å²) in [4.78, 5) is 0. The number of allylic oxidation sites excluding steroid dienone is 3. The molecule has 1 aliphatic carbocycles. The van der Waals surface area contributed by atoms with Crippen LogP contribution in [0, 0.1) is 0 Å². The number of rotatable bonds is 4. The molecule has 0 amide bonds. The van der Waals surface area contributed by atoms with E-state index in [0.29, 0.717) is 0 Å². The molecule has 0 atom stereocenters. The van der Waals surface area contributed by atoms with E-state index in [2.05, 4.69) is 80.7 Å². The van der Waals surface area contributed by atoms with Crippen molar-refractivity contribution in [2.45, 2.75) is 32.6 Å². The van der Waals surface area contributed by atoms with E-state index in [0.717, 1.165) is 6.42 Å². The minimum Gasteiger partial charge on any atom is -0.394 e. The van der Waals surface area contributed by atoms with Gasteiger partial charge in [0, 0.05) is 12.5 Å². The number of hydrogen-bond acceptors (Lipinski definition) is 1. The van der Waals surface area contributed by atoms with E-state index < -0.39 is 0 Å². The van der Waals surface area contributed by atoms with Crippen molar-refractivity contribution in [3.8, 4) is 11.1 Å². The quantitative estimate of drug-likeness (QED) is 0.764. The van der Waals surface area contributed by atoms with Crippen LogP contribution < -0.4 is 5.32 Å². The van der Waals surface area contributed by atoms with Crippen molar-refractivity contribution < 1.29 is 0 Å². The van der Waals surface area contributed by atoms with Crippen molar-refractivity contribution in [2.24, 2.45) is 0 Å². The Kier molecular flexibility index (Phi) is 4.12. The summed E-state index contributed by atoms with van der Waals surface area (Å²) in [6.07, 6.45) is 7.17. The molecule has 1 N–H and O–H groups in total. The van der Waals surface area contributed by atoms with E-state index in [1.54, 1.807) is 0 Å². The number of nitrogens with one attached hydrogen (secondary N) is 1. The average molecular weight is 303 g/mol. The highest BCUT2D eigenvalue weighted by Gasteiger charge is 2.34. The molecule has 1 nitrogen and oxygen atoms in total. The number of benzene rings is 2. The predicted octanol–water partition coefficient (Wildman–Crippen LogP) is 5.21. The van der Waals surface area contributed by atoms with Crippen LogP contribution in [0.5, 0.6) is 0 Å². The van der Waals surface area contributed by atoms with Crippen LogP contribution in [0.1, 0.15) is 37.5 Å². The Morgan fingerprint density at radius 1 is 1.04 bits per heavy atom. The van der Waals surface area contributed by atoms with E-state index in [1.807, 2.05) is 13.2 Å². The Balaban J connectivity index is 1.94. The topological polar surface area (TPSA) is 12.0 Å². The predicted molar refractivity (Wildman–Crippen MR) is 99.7 cm³/mol. The molecule has 1 aliphatic rings. The summed E-state index contributed by atoms with van der Waals surface area (Å²) >= 11 is 0. The Morgan fingerprint density at radius 3 is 2.57 bits per heavy atom. The third kappa shape index (κ3) is 2.84. The molecule has 0 saturated carbocycles. The molecule has 0 spiro atoms. The van der Waals surface area contributed by atoms with Gasteiger partial charge in [0.05, 0.1) is 0 Å². The molecule has 3 rings (SSSR count). The van der Waals surface area contributed by atoms with E-state index in [9.17, 15) is 0 Å². The summed E-state index contributed by atoms with van der Waals surface area (Å²) in [6.45, 7) is 6.85. The molecule has 0 aliphatic heterocycles. The monoisotopic (exact) mass is 303 g/mol. The number of fused-ring (bicyclic) bond motifs is 3. The van der Waals surface area contributed by atoms with Crippen LogP contribution in [0.15, 0.2) is 66.4 Å². The Morgan fingerprint density at radius 2 is 1.78 bits per heavy atom. The van der Waals surface area contributed by atoms with Crippen LogP contribution in [0.2, 0.25) is 0 Å². The molecule has 23 heavy (non-hydrogen) atoms. The fourth-order valence-corrected chi connectivity index (χ4v) is 3.55. The SMILES string of the molecule is CN/C=C\C=C(\C)Cc1ccc2c(c1)C(C)(C)c1ccccc1-2. The van der Waals surface area contributed by atoms with Crippen molar-refractivity contribution in [3.05, 3.63) is 83.1 Å². The maximum atomic E-state index is 3.02. The molecule has 1 heteroatoms. The molecule has 2 aromatic rings. The maximum Gasteiger partial charge on any atom is 0.0158 e. The van der Waals surface area contributed by atoms with E-state index in [4.69, 9.17) is 0 Å². The van der Waals surface area contributed by atoms with E-state index in [1.165, 1.54) is 33.4 Å². The van der Waals surface area contributed by atoms with Gasteiger partial charge in [-0.25, -0.2) is 0 Å². The molecule has 0 saturated heterocycles. The van der Waals surface area contributed by atoms with Gasteiger partial charge in [-0.15, -0.1) is 0 Å². The second-order valence-corrected chi connectivity index (χ2v) is 6.89. The molecule has 0 fully saturated rings. The van der Waals surface area contributed by atoms with E-state index in [-0.39, 0.29) is 5.41 Å². The largest absolute Gasteiger partial charge is 0.394 e. The lowest BCUT2D eigenvalue weighted by atomic mass is 9.81. The van der Waals surface area contributed by atoms with Gasteiger partial charge in [-0.1, -0.05) is 68.0 Å². The Labute approximate surface area is 139 Å². The van der Waals surface area contributed by atoms with E-state index >= 15 is 0 Å². The highest BCUT2D eigenvalue weighted by Crippen LogP contribution is 2.48. The highest BCUT2D eigenvalue weighted by atomic mass is 14.8. The van der Waals surface area contributed by atoms with Crippen LogP contribution in [0.3, 0.4) is 0 Å². The zero-order chi connectivity index (χ0) is 16.4. The lowest BCUT2D eigenvalue weighted by molar-refractivity contribution is 0.659. The van der Waals surface area contributed by atoms with Crippen LogP contribution in [-0.4, -0.2) is 7.05 Å². The molecular weight excluding hydrogens is 278 g/mol. The third-order valence-electron chi connectivity index (χ3n) is 4.77. The minimum atomic E-state index is 0.0889. The maximum absolute atomic E-state index is 3.02. The summed E-state index contributed by atoms with van der Waals surface area (Å²) in [6, 6.07) is 15.8. The van der Waals surface area contributed by atoms with Crippen molar-refractivity contribution >= 4 is 0 Å². The lowest BCUT2D eigenvalue weighted by Crippen LogP contribution is -2.15. The van der Waals surface area contributed by atoms with Gasteiger partial charge in [-0.2, -0.15) is 0 Å². The smallest absolute Gasteiger partial charge is 0.0158 e. The Bertz CT molecular complexity index is 778. The molecule has 0 aromatic heterocycles. The molecule has 2 aromatic carbocycles. The normalized spacial score (nSPS) is 15.6. The first kappa shape index (κ1) is 15.6. The van der Waals surface area contributed by atoms with Gasteiger partial charge < -0.3 is 5.32 Å². The second-order valence-electron chi connectivity index (χ2n) is 6.89. The molecule has 0 unspecified atom stereocenters. The second kappa shape index (κ2) is 6.08. The van der Waals surface area contributed by atoms with Crippen molar-refractivity contribution in [1.82, 2.24) is 5.32 Å². The van der Waals surface area contributed by atoms with Gasteiger partial charge in [-0.3, -0.25) is 0 Å². The van der Waals surface area contributed by atoms with Gasteiger partial charge in [0.15, 0.2) is 0 Å². The summed E-state index contributed by atoms with van der Waals surface area (Å²) in [5.74, 6) is 0. The van der Waals surface area contributed by atoms with Crippen molar-refractivity contribution in [1.29, 1.82) is 0 Å². The summed E-state index contributed by atoms with van der Waals surface area (Å²) in [5, 5.41) is 3.02. The van der Waals surface area contributed by atoms with Gasteiger partial charge in [-0.05, 0) is 53.4 Å². The summed E-state index contributed by atoms with van der Waals surface area (Å²) in [5.41, 5.74) is 8.52. The highest BCUT2D eigenvalue weighted by molar-refractivity contribution is 5.80. The van der Waals surface area contributed by atoms with Gasteiger partial charge in [0.2, 0.25) is 0 Å². The molecule has 0 radical (unpaired) electrons. The van der Waals surface area contributed by atoms with Crippen LogP contribution in [0.25, 0.3) is 11.1 Å². The minimum absolute atomic E-state index is 0.0889. The van der Waals surface area contributed by atoms with Crippen LogP contribution in [0.4, 0.5) is 0 Å². The Hall–Kier alpha value is -2.28. The molecule has 0 bridgehead atoms. The average Bonchev–Trinajstić information content (AvgIpc) is 2.76. The number of hydrogen-bond donors (Lipinski definition) is 1. The lowest BCUT2D eigenvalue weighted by Gasteiger charge is -2.22.